The van der Waals surface area contributed by atoms with Crippen LogP contribution in [0.2, 0.25) is 0 Å². The molecule has 10 aromatic rings. The van der Waals surface area contributed by atoms with Crippen LogP contribution in [0.4, 0.5) is 0 Å². The molecule has 7 aromatic carbocycles. The number of hydrogen-bond donors (Lipinski definition) is 0. The van der Waals surface area contributed by atoms with E-state index in [9.17, 15) is 0 Å². The maximum atomic E-state index is 4.68. The molecule has 10 rings (SSSR count). The van der Waals surface area contributed by atoms with Gasteiger partial charge in [0, 0.05) is 44.0 Å². The van der Waals surface area contributed by atoms with Crippen molar-refractivity contribution < 1.29 is 0 Å². The molecule has 0 N–H and O–H groups in total. The van der Waals surface area contributed by atoms with Gasteiger partial charge in [0.05, 0.1) is 27.8 Å². The Morgan fingerprint density at radius 2 is 0.796 bits per heavy atom. The second-order valence-corrected chi connectivity index (χ2v) is 12.3. The minimum absolute atomic E-state index is 0.858. The zero-order chi connectivity index (χ0) is 32.3. The first-order valence-corrected chi connectivity index (χ1v) is 16.5. The van der Waals surface area contributed by atoms with Crippen molar-refractivity contribution in [1.82, 2.24) is 24.1 Å². The van der Waals surface area contributed by atoms with E-state index >= 15 is 0 Å². The molecule has 5 heteroatoms. The predicted molar refractivity (Wildman–Crippen MR) is 201 cm³/mol. The molecule has 0 spiro atoms. The largest absolute Gasteiger partial charge is 0.309 e. The summed E-state index contributed by atoms with van der Waals surface area (Å²) in [4.78, 5) is 0. The zero-order valence-electron chi connectivity index (χ0n) is 26.5. The molecular weight excluding hydrogens is 599 g/mol. The molecule has 0 radical (unpaired) electrons. The van der Waals surface area contributed by atoms with Crippen molar-refractivity contribution >= 4 is 43.6 Å². The highest BCUT2D eigenvalue weighted by Crippen LogP contribution is 2.42. The lowest BCUT2D eigenvalue weighted by atomic mass is 10.0. The van der Waals surface area contributed by atoms with Crippen LogP contribution in [-0.4, -0.2) is 24.1 Å². The second kappa shape index (κ2) is 10.9. The summed E-state index contributed by atoms with van der Waals surface area (Å²) in [5.74, 6) is 0. The van der Waals surface area contributed by atoms with Crippen LogP contribution in [0, 0.1) is 0 Å². The van der Waals surface area contributed by atoms with Crippen LogP contribution in [0.1, 0.15) is 0 Å². The van der Waals surface area contributed by atoms with Crippen LogP contribution in [0.3, 0.4) is 0 Å². The fraction of sp³-hybridized carbons (Fsp3) is 0. The quantitative estimate of drug-likeness (QED) is 0.190. The summed E-state index contributed by atoms with van der Waals surface area (Å²) >= 11 is 0. The average molecular weight is 628 g/mol. The fourth-order valence-corrected chi connectivity index (χ4v) is 7.50. The molecule has 0 aliphatic carbocycles. The molecule has 0 fully saturated rings. The van der Waals surface area contributed by atoms with E-state index in [-0.39, 0.29) is 0 Å². The monoisotopic (exact) mass is 627 g/mol. The van der Waals surface area contributed by atoms with E-state index in [1.807, 2.05) is 28.9 Å². The van der Waals surface area contributed by atoms with Gasteiger partial charge in [-0.3, -0.25) is 0 Å². The van der Waals surface area contributed by atoms with Crippen molar-refractivity contribution in [3.8, 4) is 39.6 Å². The summed E-state index contributed by atoms with van der Waals surface area (Å²) in [5.41, 5.74) is 11.9. The number of fused-ring (bicyclic) bond motifs is 7. The van der Waals surface area contributed by atoms with Gasteiger partial charge in [0.15, 0.2) is 0 Å². The third-order valence-electron chi connectivity index (χ3n) is 9.60. The first-order chi connectivity index (χ1) is 24.3. The number of aromatic nitrogens is 5. The number of nitrogens with zero attached hydrogens (tertiary/aromatic N) is 5. The molecule has 0 amide bonds. The summed E-state index contributed by atoms with van der Waals surface area (Å²) in [5, 5.41) is 14.4. The van der Waals surface area contributed by atoms with Crippen molar-refractivity contribution in [2.75, 3.05) is 0 Å². The van der Waals surface area contributed by atoms with Crippen LogP contribution < -0.4 is 0 Å². The van der Waals surface area contributed by atoms with Crippen LogP contribution in [0.25, 0.3) is 83.2 Å². The number of hydrogen-bond acceptors (Lipinski definition) is 2. The molecule has 5 nitrogen and oxygen atoms in total. The van der Waals surface area contributed by atoms with E-state index in [0.29, 0.717) is 0 Å². The normalized spacial score (nSPS) is 11.7. The van der Waals surface area contributed by atoms with E-state index in [1.165, 1.54) is 43.6 Å². The summed E-state index contributed by atoms with van der Waals surface area (Å²) < 4.78 is 6.73. The van der Waals surface area contributed by atoms with Crippen molar-refractivity contribution in [2.24, 2.45) is 0 Å². The van der Waals surface area contributed by atoms with E-state index in [0.717, 1.165) is 39.6 Å². The minimum Gasteiger partial charge on any atom is -0.309 e. The molecule has 0 saturated carbocycles. The zero-order valence-corrected chi connectivity index (χ0v) is 26.5. The fourth-order valence-electron chi connectivity index (χ4n) is 7.50. The Morgan fingerprint density at radius 3 is 1.37 bits per heavy atom. The third kappa shape index (κ3) is 4.19. The predicted octanol–water partition coefficient (Wildman–Crippen LogP) is 10.8. The molecule has 0 saturated heterocycles. The van der Waals surface area contributed by atoms with Gasteiger partial charge in [-0.05, 0) is 60.7 Å². The van der Waals surface area contributed by atoms with Gasteiger partial charge in [0.25, 0.3) is 0 Å². The van der Waals surface area contributed by atoms with Gasteiger partial charge in [-0.25, -0.2) is 4.68 Å². The molecule has 49 heavy (non-hydrogen) atoms. The second-order valence-electron chi connectivity index (χ2n) is 12.3. The number of benzene rings is 7. The summed E-state index contributed by atoms with van der Waals surface area (Å²) in [6.45, 7) is 0. The molecule has 230 valence electrons. The Kier molecular flexibility index (Phi) is 6.11. The van der Waals surface area contributed by atoms with Crippen LogP contribution >= 0.6 is 0 Å². The SMILES string of the molecule is c1ccc(-c2nnn(-c3ccc(-n4c5ccccc5c5c6c7ccccc7n(-c7ccccc7)c6ccc54)cc3)c2-c2ccccc2)cc1. The lowest BCUT2D eigenvalue weighted by Gasteiger charge is -2.12. The lowest BCUT2D eigenvalue weighted by molar-refractivity contribution is 0.808. The molecule has 0 atom stereocenters. The Balaban J connectivity index is 1.18. The lowest BCUT2D eigenvalue weighted by Crippen LogP contribution is -2.01. The maximum absolute atomic E-state index is 4.68. The molecule has 3 heterocycles. The maximum Gasteiger partial charge on any atom is 0.121 e. The highest BCUT2D eigenvalue weighted by molar-refractivity contribution is 6.28. The Morgan fingerprint density at radius 1 is 0.347 bits per heavy atom. The molecule has 0 aliphatic heterocycles. The Bertz CT molecular complexity index is 2790. The van der Waals surface area contributed by atoms with Gasteiger partial charge >= 0.3 is 0 Å². The van der Waals surface area contributed by atoms with Gasteiger partial charge < -0.3 is 9.13 Å². The van der Waals surface area contributed by atoms with Crippen LogP contribution in [0.5, 0.6) is 0 Å². The summed E-state index contributed by atoms with van der Waals surface area (Å²) in [7, 11) is 0. The molecule has 3 aromatic heterocycles. The van der Waals surface area contributed by atoms with Crippen molar-refractivity contribution in [1.29, 1.82) is 0 Å². The first kappa shape index (κ1) is 27.4. The van der Waals surface area contributed by atoms with E-state index in [1.54, 1.807) is 0 Å². The number of rotatable bonds is 5. The van der Waals surface area contributed by atoms with Crippen LogP contribution in [-0.2, 0) is 0 Å². The van der Waals surface area contributed by atoms with E-state index in [4.69, 9.17) is 0 Å². The standard InChI is InChI=1S/C44H29N5/c1-4-14-30(15-5-1)43-44(31-16-6-2-7-17-31)49(46-45-43)34-26-24-33(25-27-34)48-38-23-13-11-21-36(38)42-40(48)29-28-39-41(42)35-20-10-12-22-37(35)47(39)32-18-8-3-9-19-32/h1-29H. The van der Waals surface area contributed by atoms with Gasteiger partial charge in [0.1, 0.15) is 11.4 Å². The smallest absolute Gasteiger partial charge is 0.121 e. The van der Waals surface area contributed by atoms with Gasteiger partial charge in [-0.2, -0.15) is 0 Å². The minimum atomic E-state index is 0.858. The first-order valence-electron chi connectivity index (χ1n) is 16.5. The Labute approximate surface area is 282 Å². The topological polar surface area (TPSA) is 40.6 Å². The van der Waals surface area contributed by atoms with Crippen molar-refractivity contribution in [2.45, 2.75) is 0 Å². The summed E-state index contributed by atoms with van der Waals surface area (Å²) in [6.07, 6.45) is 0. The van der Waals surface area contributed by atoms with Crippen molar-refractivity contribution in [3.05, 3.63) is 176 Å². The molecule has 0 aliphatic rings. The average Bonchev–Trinajstić information content (AvgIpc) is 3.87. The Hall–Kier alpha value is -6.72. The van der Waals surface area contributed by atoms with Gasteiger partial charge in [-0.15, -0.1) is 5.10 Å². The highest BCUT2D eigenvalue weighted by atomic mass is 15.4. The molecule has 0 unspecified atom stereocenters. The molecule has 0 bridgehead atoms. The highest BCUT2D eigenvalue weighted by Gasteiger charge is 2.21. The third-order valence-corrected chi connectivity index (χ3v) is 9.60. The molecular formula is C44H29N5. The van der Waals surface area contributed by atoms with Gasteiger partial charge in [-0.1, -0.05) is 120 Å². The van der Waals surface area contributed by atoms with Crippen LogP contribution in [0.15, 0.2) is 176 Å². The number of para-hydroxylation sites is 3. The van der Waals surface area contributed by atoms with E-state index < -0.39 is 0 Å². The van der Waals surface area contributed by atoms with E-state index in [2.05, 4.69) is 171 Å². The van der Waals surface area contributed by atoms with Gasteiger partial charge in [0.2, 0.25) is 0 Å². The van der Waals surface area contributed by atoms with Crippen molar-refractivity contribution in [3.63, 3.8) is 0 Å². The summed E-state index contributed by atoms with van der Waals surface area (Å²) in [6, 6.07) is 62.0.